The fourth-order valence-corrected chi connectivity index (χ4v) is 4.53. The van der Waals surface area contributed by atoms with Gasteiger partial charge in [0.2, 0.25) is 5.95 Å². The van der Waals surface area contributed by atoms with Crippen LogP contribution in [0.25, 0.3) is 33.5 Å². The van der Waals surface area contributed by atoms with Gasteiger partial charge in [0.05, 0.1) is 28.7 Å². The van der Waals surface area contributed by atoms with Gasteiger partial charge in [-0.25, -0.2) is 15.0 Å². The van der Waals surface area contributed by atoms with E-state index in [0.717, 1.165) is 31.0 Å². The molecule has 4 aromatic rings. The summed E-state index contributed by atoms with van der Waals surface area (Å²) in [7, 11) is 0. The number of hydrogen-bond donors (Lipinski definition) is 3. The number of aromatic amines is 1. The standard InChI is InChI=1S/C23H23F3N6O2/c1-11-19(12(2)34-32-11)18-7-6-15-16(9-27-21(15)30-18)20-17(23(24,25)26)10-28-22(31-20)29-13-4-3-5-14(33)8-13/h6-7,9-10,13-14,33H,3-5,8H2,1-2H3,(H,27,30)(H,28,29,31)/t13-,14+/m1/s1. The molecule has 0 saturated heterocycles. The average Bonchev–Trinajstić information content (AvgIpc) is 3.35. The van der Waals surface area contributed by atoms with Gasteiger partial charge in [0.15, 0.2) is 0 Å². The number of aromatic nitrogens is 5. The molecule has 178 valence electrons. The van der Waals surface area contributed by atoms with E-state index in [4.69, 9.17) is 4.52 Å². The summed E-state index contributed by atoms with van der Waals surface area (Å²) in [5.41, 5.74) is 1.55. The van der Waals surface area contributed by atoms with Crippen molar-refractivity contribution in [1.82, 2.24) is 25.1 Å². The molecule has 1 fully saturated rings. The Balaban J connectivity index is 1.56. The molecule has 4 heterocycles. The highest BCUT2D eigenvalue weighted by Gasteiger charge is 2.36. The van der Waals surface area contributed by atoms with Gasteiger partial charge in [-0.1, -0.05) is 5.16 Å². The number of fused-ring (bicyclic) bond motifs is 1. The summed E-state index contributed by atoms with van der Waals surface area (Å²) in [6.45, 7) is 3.58. The van der Waals surface area contributed by atoms with E-state index < -0.39 is 17.8 Å². The molecular formula is C23H23F3N6O2. The Morgan fingerprint density at radius 2 is 2.00 bits per heavy atom. The predicted octanol–water partition coefficient (Wildman–Crippen LogP) is 5.03. The van der Waals surface area contributed by atoms with Crippen molar-refractivity contribution < 1.29 is 22.8 Å². The minimum atomic E-state index is -4.64. The zero-order valence-electron chi connectivity index (χ0n) is 18.6. The first-order valence-electron chi connectivity index (χ1n) is 11.0. The molecule has 8 nitrogen and oxygen atoms in total. The molecule has 0 bridgehead atoms. The monoisotopic (exact) mass is 472 g/mol. The molecule has 0 aromatic carbocycles. The number of aliphatic hydroxyl groups is 1. The zero-order valence-corrected chi connectivity index (χ0v) is 18.6. The molecule has 0 spiro atoms. The van der Waals surface area contributed by atoms with Crippen LogP contribution in [0.2, 0.25) is 0 Å². The second-order valence-corrected chi connectivity index (χ2v) is 8.61. The van der Waals surface area contributed by atoms with E-state index in [-0.39, 0.29) is 23.2 Å². The van der Waals surface area contributed by atoms with Crippen LogP contribution in [-0.4, -0.2) is 42.3 Å². The summed E-state index contributed by atoms with van der Waals surface area (Å²) < 4.78 is 46.7. The first-order valence-corrected chi connectivity index (χ1v) is 11.0. The van der Waals surface area contributed by atoms with Gasteiger partial charge in [-0.2, -0.15) is 13.2 Å². The maximum absolute atomic E-state index is 13.8. The molecule has 2 atom stereocenters. The maximum atomic E-state index is 13.8. The molecule has 34 heavy (non-hydrogen) atoms. The molecule has 3 N–H and O–H groups in total. The van der Waals surface area contributed by atoms with Gasteiger partial charge in [0.1, 0.15) is 17.0 Å². The first-order chi connectivity index (χ1) is 16.2. The third-order valence-electron chi connectivity index (χ3n) is 6.16. The van der Waals surface area contributed by atoms with Crippen molar-refractivity contribution in [2.24, 2.45) is 0 Å². The van der Waals surface area contributed by atoms with E-state index in [0.29, 0.717) is 34.6 Å². The third kappa shape index (κ3) is 4.11. The van der Waals surface area contributed by atoms with Crippen molar-refractivity contribution in [2.75, 3.05) is 5.32 Å². The summed E-state index contributed by atoms with van der Waals surface area (Å²) in [4.78, 5) is 15.7. The van der Waals surface area contributed by atoms with Crippen LogP contribution < -0.4 is 5.32 Å². The Morgan fingerprint density at radius 3 is 2.71 bits per heavy atom. The number of halogens is 3. The van der Waals surface area contributed by atoms with Gasteiger partial charge < -0.3 is 19.9 Å². The highest BCUT2D eigenvalue weighted by Crippen LogP contribution is 2.39. The molecule has 5 rings (SSSR count). The third-order valence-corrected chi connectivity index (χ3v) is 6.16. The summed E-state index contributed by atoms with van der Waals surface area (Å²) in [5, 5.41) is 17.4. The molecule has 0 unspecified atom stereocenters. The number of anilines is 1. The molecule has 0 radical (unpaired) electrons. The number of hydrogen-bond acceptors (Lipinski definition) is 7. The lowest BCUT2D eigenvalue weighted by molar-refractivity contribution is -0.137. The smallest absolute Gasteiger partial charge is 0.393 e. The second kappa shape index (κ2) is 8.39. The van der Waals surface area contributed by atoms with Crippen LogP contribution in [0.4, 0.5) is 19.1 Å². The number of aliphatic hydroxyl groups excluding tert-OH is 1. The Hall–Kier alpha value is -3.47. The van der Waals surface area contributed by atoms with Gasteiger partial charge in [-0.3, -0.25) is 0 Å². The molecular weight excluding hydrogens is 449 g/mol. The lowest BCUT2D eigenvalue weighted by Crippen LogP contribution is -2.30. The molecule has 1 saturated carbocycles. The van der Waals surface area contributed by atoms with Crippen molar-refractivity contribution in [3.05, 3.63) is 41.5 Å². The van der Waals surface area contributed by atoms with E-state index >= 15 is 0 Å². The zero-order chi connectivity index (χ0) is 24.0. The van der Waals surface area contributed by atoms with Gasteiger partial charge in [-0.15, -0.1) is 0 Å². The summed E-state index contributed by atoms with van der Waals surface area (Å²) in [6, 6.07) is 3.33. The Morgan fingerprint density at radius 1 is 1.18 bits per heavy atom. The van der Waals surface area contributed by atoms with Crippen molar-refractivity contribution >= 4 is 17.0 Å². The Bertz CT molecular complexity index is 1330. The molecule has 11 heteroatoms. The van der Waals surface area contributed by atoms with Crippen molar-refractivity contribution in [1.29, 1.82) is 0 Å². The second-order valence-electron chi connectivity index (χ2n) is 8.61. The van der Waals surface area contributed by atoms with Crippen LogP contribution in [0, 0.1) is 13.8 Å². The minimum absolute atomic E-state index is 0.0942. The topological polar surface area (TPSA) is 113 Å². The number of nitrogens with one attached hydrogen (secondary N) is 2. The summed E-state index contributed by atoms with van der Waals surface area (Å²) >= 11 is 0. The van der Waals surface area contributed by atoms with Crippen LogP contribution in [0.15, 0.2) is 29.0 Å². The molecule has 1 aliphatic carbocycles. The van der Waals surface area contributed by atoms with Crippen molar-refractivity contribution in [3.8, 4) is 22.5 Å². The van der Waals surface area contributed by atoms with Crippen molar-refractivity contribution in [2.45, 2.75) is 57.9 Å². The molecule has 0 aliphatic heterocycles. The molecule has 0 amide bonds. The van der Waals surface area contributed by atoms with Crippen LogP contribution in [-0.2, 0) is 6.18 Å². The number of nitrogens with zero attached hydrogens (tertiary/aromatic N) is 4. The van der Waals surface area contributed by atoms with Crippen LogP contribution in [0.3, 0.4) is 0 Å². The summed E-state index contributed by atoms with van der Waals surface area (Å²) in [5.74, 6) is 0.701. The van der Waals surface area contributed by atoms with Gasteiger partial charge >= 0.3 is 6.18 Å². The normalized spacial score (nSPS) is 19.0. The predicted molar refractivity (Wildman–Crippen MR) is 119 cm³/mol. The van der Waals surface area contributed by atoms with E-state index in [1.807, 2.05) is 0 Å². The number of alkyl halides is 3. The van der Waals surface area contributed by atoms with Crippen LogP contribution in [0.1, 0.15) is 42.7 Å². The van der Waals surface area contributed by atoms with Gasteiger partial charge in [-0.05, 0) is 51.7 Å². The average molecular weight is 472 g/mol. The van der Waals surface area contributed by atoms with E-state index in [9.17, 15) is 18.3 Å². The number of H-pyrrole nitrogens is 1. The first kappa shape index (κ1) is 22.3. The quantitative estimate of drug-likeness (QED) is 0.382. The lowest BCUT2D eigenvalue weighted by atomic mass is 9.93. The highest BCUT2D eigenvalue weighted by atomic mass is 19.4. The SMILES string of the molecule is Cc1noc(C)c1-c1ccc2c(-c3nc(N[C@@H]4CCC[C@H](O)C4)ncc3C(F)(F)F)c[nH]c2n1. The largest absolute Gasteiger partial charge is 0.419 e. The highest BCUT2D eigenvalue weighted by molar-refractivity contribution is 5.94. The fraction of sp³-hybridized carbons (Fsp3) is 0.391. The van der Waals surface area contributed by atoms with Crippen LogP contribution >= 0.6 is 0 Å². The molecule has 4 aromatic heterocycles. The number of rotatable bonds is 4. The van der Waals surface area contributed by atoms with E-state index in [1.54, 1.807) is 26.0 Å². The van der Waals surface area contributed by atoms with E-state index in [2.05, 4.69) is 30.4 Å². The summed E-state index contributed by atoms with van der Waals surface area (Å²) in [6.07, 6.45) is 0.0344. The lowest BCUT2D eigenvalue weighted by Gasteiger charge is -2.26. The van der Waals surface area contributed by atoms with E-state index in [1.165, 1.54) is 6.20 Å². The molecule has 1 aliphatic rings. The van der Waals surface area contributed by atoms with Gasteiger partial charge in [0.25, 0.3) is 0 Å². The number of pyridine rings is 1. The minimum Gasteiger partial charge on any atom is -0.393 e. The fourth-order valence-electron chi connectivity index (χ4n) is 4.53. The maximum Gasteiger partial charge on any atom is 0.419 e. The van der Waals surface area contributed by atoms with Gasteiger partial charge in [0, 0.05) is 29.4 Å². The Kier molecular flexibility index (Phi) is 5.51. The van der Waals surface area contributed by atoms with Crippen molar-refractivity contribution in [3.63, 3.8) is 0 Å². The number of aryl methyl sites for hydroxylation is 2. The Labute approximate surface area is 192 Å². The van der Waals surface area contributed by atoms with Crippen LogP contribution in [0.5, 0.6) is 0 Å².